The Morgan fingerprint density at radius 1 is 1.14 bits per heavy atom. The van der Waals surface area contributed by atoms with E-state index < -0.39 is 18.5 Å². The summed E-state index contributed by atoms with van der Waals surface area (Å²) in [5.74, 6) is 0.0347. The molecule has 1 N–H and O–H groups in total. The molecule has 2 rings (SSSR count). The van der Waals surface area contributed by atoms with Crippen LogP contribution in [0.25, 0.3) is 6.08 Å². The van der Waals surface area contributed by atoms with Crippen LogP contribution in [0.15, 0.2) is 48.5 Å². The molecule has 0 unspecified atom stereocenters. The molecule has 2 aromatic rings. The number of hydrogen-bond donors (Lipinski definition) is 1. The zero-order valence-electron chi connectivity index (χ0n) is 16.5. The second-order valence-corrected chi connectivity index (χ2v) is 6.26. The molecular formula is C22H22N2O5. The van der Waals surface area contributed by atoms with Gasteiger partial charge in [-0.05, 0) is 61.9 Å². The Morgan fingerprint density at radius 2 is 1.86 bits per heavy atom. The summed E-state index contributed by atoms with van der Waals surface area (Å²) >= 11 is 0. The zero-order chi connectivity index (χ0) is 21.2. The van der Waals surface area contributed by atoms with Crippen molar-refractivity contribution in [2.45, 2.75) is 20.0 Å². The highest BCUT2D eigenvalue weighted by Gasteiger charge is 2.08. The Labute approximate surface area is 169 Å². The van der Waals surface area contributed by atoms with Crippen LogP contribution < -0.4 is 14.8 Å². The lowest BCUT2D eigenvalue weighted by atomic mass is 10.2. The number of ether oxygens (including phenoxy) is 3. The molecule has 0 saturated heterocycles. The molecule has 7 nitrogen and oxygen atoms in total. The Kier molecular flexibility index (Phi) is 7.80. The van der Waals surface area contributed by atoms with E-state index in [0.29, 0.717) is 22.7 Å². The van der Waals surface area contributed by atoms with Crippen LogP contribution in [0.4, 0.5) is 5.69 Å². The predicted octanol–water partition coefficient (Wildman–Crippen LogP) is 3.55. The molecule has 0 fully saturated rings. The van der Waals surface area contributed by atoms with Gasteiger partial charge in [0.1, 0.15) is 0 Å². The molecule has 29 heavy (non-hydrogen) atoms. The van der Waals surface area contributed by atoms with Crippen molar-refractivity contribution < 1.29 is 23.8 Å². The summed E-state index contributed by atoms with van der Waals surface area (Å²) in [7, 11) is 1.54. The van der Waals surface area contributed by atoms with Gasteiger partial charge < -0.3 is 19.5 Å². The third-order valence-electron chi connectivity index (χ3n) is 3.61. The van der Waals surface area contributed by atoms with Crippen molar-refractivity contribution in [2.24, 2.45) is 0 Å². The highest BCUT2D eigenvalue weighted by atomic mass is 16.5. The van der Waals surface area contributed by atoms with Gasteiger partial charge in [0, 0.05) is 11.8 Å². The van der Waals surface area contributed by atoms with E-state index in [1.807, 2.05) is 19.9 Å². The van der Waals surface area contributed by atoms with Gasteiger partial charge in [-0.15, -0.1) is 0 Å². The molecule has 150 valence electrons. The number of nitrogens with one attached hydrogen (secondary N) is 1. The number of rotatable bonds is 8. The van der Waals surface area contributed by atoms with Gasteiger partial charge in [-0.2, -0.15) is 5.26 Å². The number of benzene rings is 2. The lowest BCUT2D eigenvalue weighted by Crippen LogP contribution is -2.20. The van der Waals surface area contributed by atoms with E-state index in [0.717, 1.165) is 5.56 Å². The van der Waals surface area contributed by atoms with Crippen LogP contribution >= 0.6 is 0 Å². The van der Waals surface area contributed by atoms with Gasteiger partial charge in [-0.25, -0.2) is 4.79 Å². The largest absolute Gasteiger partial charge is 0.493 e. The number of anilines is 1. The topological polar surface area (TPSA) is 97.6 Å². The molecule has 0 bridgehead atoms. The number of methoxy groups -OCH3 is 1. The smallest absolute Gasteiger partial charge is 0.331 e. The van der Waals surface area contributed by atoms with Crippen LogP contribution in [-0.4, -0.2) is 31.7 Å². The number of hydrogen-bond acceptors (Lipinski definition) is 6. The summed E-state index contributed by atoms with van der Waals surface area (Å²) in [4.78, 5) is 23.7. The summed E-state index contributed by atoms with van der Waals surface area (Å²) in [6, 6.07) is 13.6. The zero-order valence-corrected chi connectivity index (χ0v) is 16.5. The van der Waals surface area contributed by atoms with Crippen molar-refractivity contribution in [3.8, 4) is 17.6 Å². The van der Waals surface area contributed by atoms with Crippen LogP contribution in [0.1, 0.15) is 25.0 Å². The number of amides is 1. The number of nitrogens with zero attached hydrogens (tertiary/aromatic N) is 1. The number of esters is 1. The SMILES string of the molecule is COc1cc(/C=C/C(=O)OCC(=O)Nc2ccc(C#N)cc2)ccc1OC(C)C. The van der Waals surface area contributed by atoms with Crippen LogP contribution in [0.5, 0.6) is 11.5 Å². The van der Waals surface area contributed by atoms with Crippen molar-refractivity contribution in [2.75, 3.05) is 19.0 Å². The van der Waals surface area contributed by atoms with E-state index in [4.69, 9.17) is 19.5 Å². The lowest BCUT2D eigenvalue weighted by molar-refractivity contribution is -0.142. The van der Waals surface area contributed by atoms with Crippen molar-refractivity contribution in [1.29, 1.82) is 5.26 Å². The summed E-state index contributed by atoms with van der Waals surface area (Å²) in [6.07, 6.45) is 2.80. The maximum absolute atomic E-state index is 11.8. The molecule has 0 saturated carbocycles. The molecule has 0 spiro atoms. The first-order chi connectivity index (χ1) is 13.9. The van der Waals surface area contributed by atoms with E-state index in [-0.39, 0.29) is 6.10 Å². The summed E-state index contributed by atoms with van der Waals surface area (Å²) in [5, 5.41) is 11.3. The normalized spacial score (nSPS) is 10.4. The lowest BCUT2D eigenvalue weighted by Gasteiger charge is -2.13. The second-order valence-electron chi connectivity index (χ2n) is 6.26. The van der Waals surface area contributed by atoms with Gasteiger partial charge in [0.2, 0.25) is 0 Å². The Bertz CT molecular complexity index is 927. The fourth-order valence-electron chi connectivity index (χ4n) is 2.31. The second kappa shape index (κ2) is 10.5. The number of carbonyl (C=O) groups is 2. The maximum atomic E-state index is 11.8. The van der Waals surface area contributed by atoms with E-state index in [1.165, 1.54) is 13.2 Å². The highest BCUT2D eigenvalue weighted by molar-refractivity contribution is 5.94. The first kappa shape index (κ1) is 21.5. The van der Waals surface area contributed by atoms with E-state index >= 15 is 0 Å². The maximum Gasteiger partial charge on any atom is 0.331 e. The molecule has 1 amide bonds. The van der Waals surface area contributed by atoms with Crippen molar-refractivity contribution in [1.82, 2.24) is 0 Å². The van der Waals surface area contributed by atoms with E-state index in [2.05, 4.69) is 5.32 Å². The number of nitriles is 1. The minimum absolute atomic E-state index is 0.00991. The standard InChI is InChI=1S/C22H22N2O5/c1-15(2)29-19-10-6-16(12-20(19)27-3)7-11-22(26)28-14-21(25)24-18-8-4-17(13-23)5-9-18/h4-12,15H,14H2,1-3H3,(H,24,25)/b11-7+. The molecule has 0 heterocycles. The monoisotopic (exact) mass is 394 g/mol. The van der Waals surface area contributed by atoms with Crippen molar-refractivity contribution in [3.63, 3.8) is 0 Å². The average Bonchev–Trinajstić information content (AvgIpc) is 2.71. The molecule has 0 aliphatic rings. The molecule has 0 aliphatic carbocycles. The molecule has 0 atom stereocenters. The summed E-state index contributed by atoms with van der Waals surface area (Å²) in [5.41, 5.74) is 1.72. The minimum Gasteiger partial charge on any atom is -0.493 e. The quantitative estimate of drug-likeness (QED) is 0.543. The third-order valence-corrected chi connectivity index (χ3v) is 3.61. The Morgan fingerprint density at radius 3 is 2.48 bits per heavy atom. The van der Waals surface area contributed by atoms with Crippen LogP contribution in [0, 0.1) is 11.3 Å². The van der Waals surface area contributed by atoms with Gasteiger partial charge in [0.15, 0.2) is 18.1 Å². The minimum atomic E-state index is -0.651. The van der Waals surface area contributed by atoms with Gasteiger partial charge in [0.05, 0.1) is 24.8 Å². The van der Waals surface area contributed by atoms with E-state index in [1.54, 1.807) is 48.5 Å². The fourth-order valence-corrected chi connectivity index (χ4v) is 2.31. The van der Waals surface area contributed by atoms with Crippen molar-refractivity contribution in [3.05, 3.63) is 59.7 Å². The first-order valence-electron chi connectivity index (χ1n) is 8.91. The molecule has 7 heteroatoms. The average molecular weight is 394 g/mol. The Balaban J connectivity index is 1.87. The van der Waals surface area contributed by atoms with Gasteiger partial charge in [-0.1, -0.05) is 6.07 Å². The molecule has 2 aromatic carbocycles. The highest BCUT2D eigenvalue weighted by Crippen LogP contribution is 2.29. The van der Waals surface area contributed by atoms with Crippen LogP contribution in [-0.2, 0) is 14.3 Å². The first-order valence-corrected chi connectivity index (χ1v) is 8.91. The summed E-state index contributed by atoms with van der Waals surface area (Å²) < 4.78 is 15.9. The van der Waals surface area contributed by atoms with E-state index in [9.17, 15) is 9.59 Å². The van der Waals surface area contributed by atoms with Gasteiger partial charge in [0.25, 0.3) is 5.91 Å². The van der Waals surface area contributed by atoms with Crippen LogP contribution in [0.2, 0.25) is 0 Å². The fraction of sp³-hybridized carbons (Fsp3) is 0.227. The third kappa shape index (κ3) is 7.03. The van der Waals surface area contributed by atoms with Crippen LogP contribution in [0.3, 0.4) is 0 Å². The van der Waals surface area contributed by atoms with Gasteiger partial charge in [-0.3, -0.25) is 4.79 Å². The Hall–Kier alpha value is -3.79. The molecule has 0 aliphatic heterocycles. The summed E-state index contributed by atoms with van der Waals surface area (Å²) in [6.45, 7) is 3.41. The molecular weight excluding hydrogens is 372 g/mol. The molecule has 0 radical (unpaired) electrons. The number of carbonyl (C=O) groups excluding carboxylic acids is 2. The predicted molar refractivity (Wildman–Crippen MR) is 109 cm³/mol. The van der Waals surface area contributed by atoms with Gasteiger partial charge >= 0.3 is 5.97 Å². The van der Waals surface area contributed by atoms with Crippen molar-refractivity contribution >= 4 is 23.6 Å². The molecule has 0 aromatic heterocycles.